The van der Waals surface area contributed by atoms with Crippen molar-refractivity contribution in [3.05, 3.63) is 58.5 Å². The lowest BCUT2D eigenvalue weighted by atomic mass is 10.1. The van der Waals surface area contributed by atoms with Crippen molar-refractivity contribution < 1.29 is 19.1 Å². The Morgan fingerprint density at radius 2 is 2.14 bits per heavy atom. The Kier molecular flexibility index (Phi) is 5.45. The maximum absolute atomic E-state index is 11.8. The van der Waals surface area contributed by atoms with Crippen LogP contribution >= 0.6 is 11.8 Å². The maximum atomic E-state index is 11.8. The fourth-order valence-electron chi connectivity index (χ4n) is 3.11. The number of amides is 2. The summed E-state index contributed by atoms with van der Waals surface area (Å²) in [6.07, 6.45) is 1.67. The van der Waals surface area contributed by atoms with E-state index in [1.807, 2.05) is 36.4 Å². The van der Waals surface area contributed by atoms with E-state index < -0.39 is 0 Å². The average molecular weight is 406 g/mol. The van der Waals surface area contributed by atoms with Gasteiger partial charge in [-0.05, 0) is 47.7 Å². The summed E-state index contributed by atoms with van der Waals surface area (Å²) in [4.78, 5) is 25.6. The molecule has 0 atom stereocenters. The van der Waals surface area contributed by atoms with Crippen LogP contribution in [0.1, 0.15) is 11.1 Å². The highest BCUT2D eigenvalue weighted by molar-refractivity contribution is 8.18. The van der Waals surface area contributed by atoms with Crippen molar-refractivity contribution in [3.8, 4) is 23.3 Å². The number of nitrogens with zero attached hydrogens (tertiary/aromatic N) is 1. The molecule has 0 aliphatic carbocycles. The number of hydrogen-bond acceptors (Lipinski definition) is 6. The van der Waals surface area contributed by atoms with E-state index in [2.05, 4.69) is 22.1 Å². The summed E-state index contributed by atoms with van der Waals surface area (Å²) in [6, 6.07) is 13.4. The van der Waals surface area contributed by atoms with Crippen LogP contribution in [0.15, 0.2) is 47.4 Å². The second-order valence-electron chi connectivity index (χ2n) is 6.35. The molecule has 0 saturated carbocycles. The molecule has 1 saturated heterocycles. The average Bonchev–Trinajstić information content (AvgIpc) is 3.05. The number of methoxy groups -OCH3 is 1. The van der Waals surface area contributed by atoms with Crippen LogP contribution in [0.25, 0.3) is 6.08 Å². The van der Waals surface area contributed by atoms with Crippen LogP contribution in [-0.4, -0.2) is 38.0 Å². The SMILES string of the molecule is COc1ccc(C=C2SC(=O)NC2=O)cc1C#CCN1CCOc2ccccc21. The number of hydrogen-bond donors (Lipinski definition) is 1. The van der Waals surface area contributed by atoms with Crippen molar-refractivity contribution in [1.82, 2.24) is 5.32 Å². The zero-order valence-corrected chi connectivity index (χ0v) is 16.5. The first-order chi connectivity index (χ1) is 14.1. The highest BCUT2D eigenvalue weighted by Gasteiger charge is 2.25. The lowest BCUT2D eigenvalue weighted by Crippen LogP contribution is -2.32. The van der Waals surface area contributed by atoms with Crippen molar-refractivity contribution in [2.75, 3.05) is 31.7 Å². The van der Waals surface area contributed by atoms with Crippen molar-refractivity contribution in [3.63, 3.8) is 0 Å². The topological polar surface area (TPSA) is 67.9 Å². The number of ether oxygens (including phenoxy) is 2. The van der Waals surface area contributed by atoms with Gasteiger partial charge in [0.15, 0.2) is 0 Å². The fourth-order valence-corrected chi connectivity index (χ4v) is 3.79. The predicted octanol–water partition coefficient (Wildman–Crippen LogP) is 3.27. The highest BCUT2D eigenvalue weighted by atomic mass is 32.2. The Balaban J connectivity index is 1.56. The summed E-state index contributed by atoms with van der Waals surface area (Å²) >= 11 is 0.890. The number of thioether (sulfide) groups is 1. The Morgan fingerprint density at radius 3 is 2.93 bits per heavy atom. The third kappa shape index (κ3) is 4.23. The molecule has 2 aromatic rings. The molecule has 7 heteroatoms. The van der Waals surface area contributed by atoms with E-state index in [0.29, 0.717) is 23.8 Å². The predicted molar refractivity (Wildman–Crippen MR) is 113 cm³/mol. The summed E-state index contributed by atoms with van der Waals surface area (Å²) in [5.41, 5.74) is 2.53. The van der Waals surface area contributed by atoms with Crippen LogP contribution in [-0.2, 0) is 4.79 Å². The molecule has 2 aromatic carbocycles. The molecule has 2 amide bonds. The molecule has 2 aliphatic heterocycles. The lowest BCUT2D eigenvalue weighted by Gasteiger charge is -2.29. The molecule has 1 N–H and O–H groups in total. The number of anilines is 1. The minimum Gasteiger partial charge on any atom is -0.495 e. The van der Waals surface area contributed by atoms with Gasteiger partial charge in [0.1, 0.15) is 18.1 Å². The molecule has 4 rings (SSSR count). The van der Waals surface area contributed by atoms with Gasteiger partial charge in [-0.15, -0.1) is 0 Å². The minimum absolute atomic E-state index is 0.361. The van der Waals surface area contributed by atoms with E-state index in [0.717, 1.165) is 40.9 Å². The van der Waals surface area contributed by atoms with Crippen LogP contribution in [0.5, 0.6) is 11.5 Å². The Morgan fingerprint density at radius 1 is 1.28 bits per heavy atom. The van der Waals surface area contributed by atoms with Gasteiger partial charge in [0.25, 0.3) is 11.1 Å². The summed E-state index contributed by atoms with van der Waals surface area (Å²) in [6.45, 7) is 1.96. The molecule has 0 aromatic heterocycles. The van der Waals surface area contributed by atoms with Crippen molar-refractivity contribution in [2.45, 2.75) is 0 Å². The number of rotatable bonds is 3. The summed E-state index contributed by atoms with van der Waals surface area (Å²) in [5, 5.41) is 1.89. The van der Waals surface area contributed by atoms with E-state index in [9.17, 15) is 9.59 Å². The van der Waals surface area contributed by atoms with Gasteiger partial charge in [0, 0.05) is 0 Å². The van der Waals surface area contributed by atoms with Gasteiger partial charge >= 0.3 is 0 Å². The first-order valence-corrected chi connectivity index (χ1v) is 9.84. The monoisotopic (exact) mass is 406 g/mol. The molecular weight excluding hydrogens is 388 g/mol. The van der Waals surface area contributed by atoms with Crippen molar-refractivity contribution in [2.24, 2.45) is 0 Å². The zero-order chi connectivity index (χ0) is 20.2. The largest absolute Gasteiger partial charge is 0.495 e. The molecule has 0 radical (unpaired) electrons. The Hall–Kier alpha value is -3.37. The van der Waals surface area contributed by atoms with E-state index in [4.69, 9.17) is 9.47 Å². The van der Waals surface area contributed by atoms with Gasteiger partial charge in [-0.1, -0.05) is 30.0 Å². The molecule has 0 spiro atoms. The number of nitrogens with one attached hydrogen (secondary N) is 1. The zero-order valence-electron chi connectivity index (χ0n) is 15.7. The summed E-state index contributed by atoms with van der Waals surface area (Å²) in [5.74, 6) is 7.51. The van der Waals surface area contributed by atoms with Crippen LogP contribution < -0.4 is 19.7 Å². The smallest absolute Gasteiger partial charge is 0.290 e. The summed E-state index contributed by atoms with van der Waals surface area (Å²) < 4.78 is 11.1. The molecule has 146 valence electrons. The first-order valence-electron chi connectivity index (χ1n) is 9.02. The molecule has 0 bridgehead atoms. The summed E-state index contributed by atoms with van der Waals surface area (Å²) in [7, 11) is 1.59. The third-order valence-electron chi connectivity index (χ3n) is 4.48. The van der Waals surface area contributed by atoms with Gasteiger partial charge in [-0.2, -0.15) is 0 Å². The van der Waals surface area contributed by atoms with Crippen LogP contribution in [0, 0.1) is 11.8 Å². The fraction of sp³-hybridized carbons (Fsp3) is 0.182. The van der Waals surface area contributed by atoms with Crippen LogP contribution in [0.2, 0.25) is 0 Å². The molecule has 1 fully saturated rings. The van der Waals surface area contributed by atoms with Crippen LogP contribution in [0.3, 0.4) is 0 Å². The molecule has 29 heavy (non-hydrogen) atoms. The lowest BCUT2D eigenvalue weighted by molar-refractivity contribution is -0.115. The second-order valence-corrected chi connectivity index (χ2v) is 7.37. The molecular formula is C22H18N2O4S. The van der Waals surface area contributed by atoms with Gasteiger partial charge < -0.3 is 14.4 Å². The Bertz CT molecular complexity index is 1070. The van der Waals surface area contributed by atoms with Gasteiger partial charge in [0.05, 0.1) is 36.4 Å². The van der Waals surface area contributed by atoms with E-state index in [1.165, 1.54) is 0 Å². The third-order valence-corrected chi connectivity index (χ3v) is 5.29. The number of fused-ring (bicyclic) bond motifs is 1. The second kappa shape index (κ2) is 8.33. The van der Waals surface area contributed by atoms with Crippen LogP contribution in [0.4, 0.5) is 10.5 Å². The molecule has 2 heterocycles. The maximum Gasteiger partial charge on any atom is 0.290 e. The molecule has 0 unspecified atom stereocenters. The van der Waals surface area contributed by atoms with Crippen molar-refractivity contribution >= 4 is 34.7 Å². The standard InChI is InChI=1S/C22H18N2O4S/c1-27-18-9-8-15(14-20-21(25)23-22(26)29-20)13-16(18)5-4-10-24-11-12-28-19-7-3-2-6-17(19)24/h2-3,6-9,13-14H,10-12H2,1H3,(H,23,25,26). The quantitative estimate of drug-likeness (QED) is 0.623. The van der Waals surface area contributed by atoms with E-state index in [-0.39, 0.29) is 11.1 Å². The van der Waals surface area contributed by atoms with Gasteiger partial charge in [-0.3, -0.25) is 14.9 Å². The first kappa shape index (κ1) is 19.0. The molecule has 2 aliphatic rings. The van der Waals surface area contributed by atoms with Gasteiger partial charge in [-0.25, -0.2) is 0 Å². The van der Waals surface area contributed by atoms with E-state index in [1.54, 1.807) is 19.3 Å². The number of carbonyl (C=O) groups is 2. The number of imide groups is 1. The number of carbonyl (C=O) groups excluding carboxylic acids is 2. The van der Waals surface area contributed by atoms with Crippen molar-refractivity contribution in [1.29, 1.82) is 0 Å². The highest BCUT2D eigenvalue weighted by Crippen LogP contribution is 2.30. The number of benzene rings is 2. The normalized spacial score (nSPS) is 16.6. The number of para-hydroxylation sites is 2. The minimum atomic E-state index is -0.380. The van der Waals surface area contributed by atoms with E-state index >= 15 is 0 Å². The van der Waals surface area contributed by atoms with Gasteiger partial charge in [0.2, 0.25) is 0 Å². The Labute approximate surface area is 172 Å². The molecule has 6 nitrogen and oxygen atoms in total.